The van der Waals surface area contributed by atoms with E-state index in [4.69, 9.17) is 10.5 Å². The molecule has 134 valence electrons. The van der Waals surface area contributed by atoms with Crippen LogP contribution in [-0.2, 0) is 16.6 Å². The van der Waals surface area contributed by atoms with Gasteiger partial charge in [-0.2, -0.15) is 0 Å². The van der Waals surface area contributed by atoms with Crippen molar-refractivity contribution in [1.82, 2.24) is 4.72 Å². The number of hydrogen-bond acceptors (Lipinski definition) is 4. The van der Waals surface area contributed by atoms with Crippen molar-refractivity contribution < 1.29 is 17.9 Å². The Labute approximate surface area is 151 Å². The van der Waals surface area contributed by atoms with Crippen molar-refractivity contribution in [3.05, 3.63) is 71.8 Å². The summed E-state index contributed by atoms with van der Waals surface area (Å²) in [6.45, 7) is 0.155. The van der Waals surface area contributed by atoms with E-state index in [1.807, 2.05) is 36.4 Å². The molecule has 0 bridgehead atoms. The molecule has 0 saturated heterocycles. The molecule has 0 aromatic heterocycles. The molecule has 6 nitrogen and oxygen atoms in total. The number of nitrogens with one attached hydrogen (secondary N) is 1. The van der Waals surface area contributed by atoms with Gasteiger partial charge in [-0.05, 0) is 58.8 Å². The van der Waals surface area contributed by atoms with Crippen LogP contribution in [0.15, 0.2) is 65.6 Å². The van der Waals surface area contributed by atoms with Crippen LogP contribution in [0.5, 0.6) is 5.75 Å². The summed E-state index contributed by atoms with van der Waals surface area (Å²) in [5.74, 6) is 0.167. The molecule has 3 aromatic carbocycles. The second kappa shape index (κ2) is 7.15. The molecule has 26 heavy (non-hydrogen) atoms. The predicted molar refractivity (Wildman–Crippen MR) is 99.5 cm³/mol. The number of rotatable bonds is 6. The Morgan fingerprint density at radius 3 is 2.31 bits per heavy atom. The third-order valence-electron chi connectivity index (χ3n) is 4.03. The molecule has 0 atom stereocenters. The van der Waals surface area contributed by atoms with Gasteiger partial charge in [0, 0.05) is 12.1 Å². The molecular formula is C19H18N2O4S. The number of fused-ring (bicyclic) bond motifs is 1. The summed E-state index contributed by atoms with van der Waals surface area (Å²) in [6.07, 6.45) is 0. The van der Waals surface area contributed by atoms with E-state index in [0.29, 0.717) is 0 Å². The van der Waals surface area contributed by atoms with Gasteiger partial charge in [0.15, 0.2) is 0 Å². The fraction of sp³-hybridized carbons (Fsp3) is 0.105. The monoisotopic (exact) mass is 370 g/mol. The zero-order valence-corrected chi connectivity index (χ0v) is 14.9. The Hall–Kier alpha value is -2.90. The van der Waals surface area contributed by atoms with Gasteiger partial charge in [-0.3, -0.25) is 4.79 Å². The molecule has 0 unspecified atom stereocenters. The number of benzene rings is 3. The second-order valence-corrected chi connectivity index (χ2v) is 7.53. The first-order valence-electron chi connectivity index (χ1n) is 7.85. The van der Waals surface area contributed by atoms with Crippen molar-refractivity contribution in [1.29, 1.82) is 0 Å². The summed E-state index contributed by atoms with van der Waals surface area (Å²) in [5, 5.41) is 2.01. The van der Waals surface area contributed by atoms with Gasteiger partial charge in [-0.15, -0.1) is 0 Å². The number of carbonyl (C=O) groups excluding carboxylic acids is 1. The van der Waals surface area contributed by atoms with Crippen molar-refractivity contribution in [2.24, 2.45) is 5.73 Å². The number of ether oxygens (including phenoxy) is 1. The van der Waals surface area contributed by atoms with Crippen LogP contribution in [0.25, 0.3) is 10.8 Å². The van der Waals surface area contributed by atoms with Crippen LogP contribution in [0.1, 0.15) is 15.9 Å². The van der Waals surface area contributed by atoms with E-state index < -0.39 is 15.9 Å². The lowest BCUT2D eigenvalue weighted by molar-refractivity contribution is 0.1000. The molecule has 0 spiro atoms. The number of carbonyl (C=O) groups is 1. The minimum absolute atomic E-state index is 0.0769. The Morgan fingerprint density at radius 1 is 1.00 bits per heavy atom. The summed E-state index contributed by atoms with van der Waals surface area (Å²) in [7, 11) is -2.08. The van der Waals surface area contributed by atoms with Gasteiger partial charge in [0.05, 0.1) is 12.0 Å². The molecule has 3 N–H and O–H groups in total. The van der Waals surface area contributed by atoms with Crippen LogP contribution in [0.3, 0.4) is 0 Å². The quantitative estimate of drug-likeness (QED) is 0.696. The highest BCUT2D eigenvalue weighted by Crippen LogP contribution is 2.22. The first-order valence-corrected chi connectivity index (χ1v) is 9.33. The van der Waals surface area contributed by atoms with Gasteiger partial charge < -0.3 is 10.5 Å². The van der Waals surface area contributed by atoms with Crippen LogP contribution in [-0.4, -0.2) is 21.4 Å². The number of nitrogens with two attached hydrogens (primary N) is 1. The number of methoxy groups -OCH3 is 1. The molecule has 0 aliphatic rings. The number of amides is 1. The Kier molecular flexibility index (Phi) is 4.92. The largest absolute Gasteiger partial charge is 0.497 e. The molecular weight excluding hydrogens is 352 g/mol. The fourth-order valence-electron chi connectivity index (χ4n) is 2.57. The average Bonchev–Trinajstić information content (AvgIpc) is 2.66. The average molecular weight is 370 g/mol. The first-order chi connectivity index (χ1) is 12.4. The molecule has 1 amide bonds. The van der Waals surface area contributed by atoms with E-state index in [0.717, 1.165) is 22.1 Å². The summed E-state index contributed by atoms with van der Waals surface area (Å²) in [4.78, 5) is 11.1. The number of hydrogen-bond donors (Lipinski definition) is 2. The van der Waals surface area contributed by atoms with E-state index in [1.165, 1.54) is 24.3 Å². The van der Waals surface area contributed by atoms with Crippen molar-refractivity contribution >= 4 is 26.7 Å². The smallest absolute Gasteiger partial charge is 0.248 e. The first kappa shape index (κ1) is 17.9. The highest BCUT2D eigenvalue weighted by molar-refractivity contribution is 7.89. The van der Waals surface area contributed by atoms with E-state index in [2.05, 4.69) is 4.72 Å². The summed E-state index contributed by atoms with van der Waals surface area (Å²) < 4.78 is 32.5. The lowest BCUT2D eigenvalue weighted by Crippen LogP contribution is -2.23. The summed E-state index contributed by atoms with van der Waals surface area (Å²) in [5.41, 5.74) is 6.25. The maximum absolute atomic E-state index is 12.4. The molecule has 3 aromatic rings. The van der Waals surface area contributed by atoms with Gasteiger partial charge in [-0.25, -0.2) is 13.1 Å². The topological polar surface area (TPSA) is 98.5 Å². The van der Waals surface area contributed by atoms with Crippen molar-refractivity contribution in [3.63, 3.8) is 0 Å². The Balaban J connectivity index is 1.76. The van der Waals surface area contributed by atoms with Crippen molar-refractivity contribution in [2.45, 2.75) is 11.4 Å². The van der Waals surface area contributed by atoms with Crippen molar-refractivity contribution in [2.75, 3.05) is 7.11 Å². The molecule has 0 fully saturated rings. The fourth-order valence-corrected chi connectivity index (χ4v) is 3.59. The molecule has 0 heterocycles. The minimum atomic E-state index is -3.69. The van der Waals surface area contributed by atoms with Crippen LogP contribution in [0, 0.1) is 0 Å². The standard InChI is InChI=1S/C19H18N2O4S/c1-25-17-7-4-15-10-13(2-3-16(15)11-17)12-21-26(23,24)18-8-5-14(6-9-18)19(20)22/h2-11,21H,12H2,1H3,(H2,20,22). The van der Waals surface area contributed by atoms with Gasteiger partial charge in [0.1, 0.15) is 5.75 Å². The van der Waals surface area contributed by atoms with Crippen LogP contribution in [0.2, 0.25) is 0 Å². The lowest BCUT2D eigenvalue weighted by Gasteiger charge is -2.09. The number of primary amides is 1. The maximum Gasteiger partial charge on any atom is 0.248 e. The van der Waals surface area contributed by atoms with Crippen LogP contribution in [0.4, 0.5) is 0 Å². The molecule has 0 saturated carbocycles. The molecule has 0 aliphatic carbocycles. The van der Waals surface area contributed by atoms with E-state index in [-0.39, 0.29) is 17.0 Å². The third kappa shape index (κ3) is 3.84. The van der Waals surface area contributed by atoms with E-state index >= 15 is 0 Å². The minimum Gasteiger partial charge on any atom is -0.497 e. The highest BCUT2D eigenvalue weighted by Gasteiger charge is 2.14. The van der Waals surface area contributed by atoms with Gasteiger partial charge >= 0.3 is 0 Å². The van der Waals surface area contributed by atoms with Crippen LogP contribution < -0.4 is 15.2 Å². The summed E-state index contributed by atoms with van der Waals surface area (Å²) in [6, 6.07) is 16.9. The highest BCUT2D eigenvalue weighted by atomic mass is 32.2. The maximum atomic E-state index is 12.4. The molecule has 0 aliphatic heterocycles. The molecule has 7 heteroatoms. The van der Waals surface area contributed by atoms with Crippen molar-refractivity contribution in [3.8, 4) is 5.75 Å². The third-order valence-corrected chi connectivity index (χ3v) is 5.44. The SMILES string of the molecule is COc1ccc2cc(CNS(=O)(=O)c3ccc(C(N)=O)cc3)ccc2c1. The van der Waals surface area contributed by atoms with Gasteiger partial charge in [-0.1, -0.05) is 18.2 Å². The summed E-state index contributed by atoms with van der Waals surface area (Å²) >= 11 is 0. The van der Waals surface area contributed by atoms with Gasteiger partial charge in [0.2, 0.25) is 15.9 Å². The van der Waals surface area contributed by atoms with Crippen LogP contribution >= 0.6 is 0 Å². The second-order valence-electron chi connectivity index (χ2n) is 5.76. The zero-order chi connectivity index (χ0) is 18.7. The van der Waals surface area contributed by atoms with E-state index in [1.54, 1.807) is 7.11 Å². The Bertz CT molecular complexity index is 1060. The molecule has 0 radical (unpaired) electrons. The zero-order valence-electron chi connectivity index (χ0n) is 14.1. The van der Waals surface area contributed by atoms with E-state index in [9.17, 15) is 13.2 Å². The lowest BCUT2D eigenvalue weighted by atomic mass is 10.1. The van der Waals surface area contributed by atoms with Gasteiger partial charge in [0.25, 0.3) is 0 Å². The Morgan fingerprint density at radius 2 is 1.65 bits per heavy atom. The number of sulfonamides is 1. The normalized spacial score (nSPS) is 11.4. The predicted octanol–water partition coefficient (Wildman–Crippen LogP) is 2.43. The molecule has 3 rings (SSSR count).